The highest BCUT2D eigenvalue weighted by Crippen LogP contribution is 2.21. The monoisotopic (exact) mass is 270 g/mol. The molecule has 0 aliphatic carbocycles. The maximum absolute atomic E-state index is 12.3. The first-order chi connectivity index (χ1) is 8.54. The van der Waals surface area contributed by atoms with E-state index in [0.29, 0.717) is 25.3 Å². The Bertz CT molecular complexity index is 500. The highest BCUT2D eigenvalue weighted by Gasteiger charge is 2.30. The van der Waals surface area contributed by atoms with Gasteiger partial charge in [0.15, 0.2) is 5.03 Å². The second-order valence-electron chi connectivity index (χ2n) is 4.62. The summed E-state index contributed by atoms with van der Waals surface area (Å²) < 4.78 is 26.2. The molecule has 0 spiro atoms. The number of nitrogens with two attached hydrogens (primary N) is 1. The topological polar surface area (TPSA) is 89.2 Å². The Labute approximate surface area is 107 Å². The van der Waals surface area contributed by atoms with Crippen LogP contribution in [0.5, 0.6) is 0 Å². The number of aromatic nitrogens is 2. The molecule has 2 heterocycles. The molecule has 1 atom stereocenters. The van der Waals surface area contributed by atoms with E-state index < -0.39 is 10.0 Å². The molecular formula is C11H18N4O2S. The van der Waals surface area contributed by atoms with E-state index in [-0.39, 0.29) is 10.9 Å². The van der Waals surface area contributed by atoms with Gasteiger partial charge < -0.3 is 5.73 Å². The second-order valence-corrected chi connectivity index (χ2v) is 6.50. The summed E-state index contributed by atoms with van der Waals surface area (Å²) in [6.07, 6.45) is 1.84. The smallest absolute Gasteiger partial charge is 0.262 e. The molecule has 6 nitrogen and oxygen atoms in total. The second kappa shape index (κ2) is 5.29. The van der Waals surface area contributed by atoms with E-state index in [0.717, 1.165) is 12.8 Å². The predicted molar refractivity (Wildman–Crippen MR) is 67.3 cm³/mol. The molecule has 100 valence electrons. The molecule has 0 saturated carbocycles. The molecule has 1 aromatic rings. The molecule has 7 heteroatoms. The number of sulfonamides is 1. The maximum Gasteiger partial charge on any atom is 0.262 e. The van der Waals surface area contributed by atoms with Crippen molar-refractivity contribution in [3.63, 3.8) is 0 Å². The quantitative estimate of drug-likeness (QED) is 0.844. The van der Waals surface area contributed by atoms with Gasteiger partial charge in [-0.25, -0.2) is 8.42 Å². The number of nitrogens with zero attached hydrogens (tertiary/aromatic N) is 3. The Morgan fingerprint density at radius 2 is 2.22 bits per heavy atom. The highest BCUT2D eigenvalue weighted by atomic mass is 32.2. The molecule has 0 bridgehead atoms. The summed E-state index contributed by atoms with van der Waals surface area (Å²) >= 11 is 0. The average Bonchev–Trinajstić information content (AvgIpc) is 2.39. The van der Waals surface area contributed by atoms with Crippen molar-refractivity contribution in [1.82, 2.24) is 14.5 Å². The number of hydrogen-bond donors (Lipinski definition) is 1. The first kappa shape index (κ1) is 13.4. The van der Waals surface area contributed by atoms with Crippen molar-refractivity contribution in [3.05, 3.63) is 17.8 Å². The fourth-order valence-electron chi connectivity index (χ4n) is 2.09. The third-order valence-corrected chi connectivity index (χ3v) is 4.95. The van der Waals surface area contributed by atoms with E-state index >= 15 is 0 Å². The van der Waals surface area contributed by atoms with Gasteiger partial charge in [-0.05, 0) is 44.4 Å². The van der Waals surface area contributed by atoms with Crippen molar-refractivity contribution in [3.8, 4) is 0 Å². The molecule has 0 radical (unpaired) electrons. The summed E-state index contributed by atoms with van der Waals surface area (Å²) in [5, 5.41) is 7.58. The normalized spacial score (nSPS) is 22.0. The number of piperidine rings is 1. The first-order valence-electron chi connectivity index (χ1n) is 6.04. The van der Waals surface area contributed by atoms with E-state index in [2.05, 4.69) is 10.2 Å². The van der Waals surface area contributed by atoms with Crippen LogP contribution in [0.1, 0.15) is 18.5 Å². The minimum absolute atomic E-state index is 0.0192. The summed E-state index contributed by atoms with van der Waals surface area (Å²) in [6, 6.07) is 3.16. The van der Waals surface area contributed by atoms with Crippen LogP contribution in [0.2, 0.25) is 0 Å². The van der Waals surface area contributed by atoms with E-state index in [9.17, 15) is 8.42 Å². The standard InChI is InChI=1S/C11H18N4O2S/c1-9-4-5-11(14-13-9)18(16,17)15-6-2-3-10(7-12)8-15/h4-5,10H,2-3,6-8,12H2,1H3. The van der Waals surface area contributed by atoms with Crippen molar-refractivity contribution in [2.45, 2.75) is 24.8 Å². The van der Waals surface area contributed by atoms with Crippen LogP contribution in [0.15, 0.2) is 17.2 Å². The SMILES string of the molecule is Cc1ccc(S(=O)(=O)N2CCCC(CN)C2)nn1. The van der Waals surface area contributed by atoms with Gasteiger partial charge >= 0.3 is 0 Å². The molecule has 1 aliphatic rings. The predicted octanol–water partition coefficient (Wildman–Crippen LogP) is 0.144. The van der Waals surface area contributed by atoms with Crippen molar-refractivity contribution in [2.75, 3.05) is 19.6 Å². The Hall–Kier alpha value is -1.05. The minimum Gasteiger partial charge on any atom is -0.330 e. The summed E-state index contributed by atoms with van der Waals surface area (Å²) in [6.45, 7) is 3.31. The van der Waals surface area contributed by atoms with Gasteiger partial charge in [0.2, 0.25) is 0 Å². The van der Waals surface area contributed by atoms with E-state index in [1.54, 1.807) is 13.0 Å². The largest absolute Gasteiger partial charge is 0.330 e. The van der Waals surface area contributed by atoms with Crippen molar-refractivity contribution < 1.29 is 8.42 Å². The molecule has 2 N–H and O–H groups in total. The van der Waals surface area contributed by atoms with Gasteiger partial charge in [0.25, 0.3) is 10.0 Å². The first-order valence-corrected chi connectivity index (χ1v) is 7.48. The number of aryl methyl sites for hydroxylation is 1. The molecule has 1 unspecified atom stereocenters. The Morgan fingerprint density at radius 1 is 1.44 bits per heavy atom. The third-order valence-electron chi connectivity index (χ3n) is 3.19. The lowest BCUT2D eigenvalue weighted by atomic mass is 10.0. The number of hydrogen-bond acceptors (Lipinski definition) is 5. The molecule has 2 rings (SSSR count). The number of rotatable bonds is 3. The molecule has 1 aliphatic heterocycles. The average molecular weight is 270 g/mol. The summed E-state index contributed by atoms with van der Waals surface area (Å²) in [7, 11) is -3.52. The molecule has 1 saturated heterocycles. The lowest BCUT2D eigenvalue weighted by Gasteiger charge is -2.30. The molecule has 1 aromatic heterocycles. The summed E-state index contributed by atoms with van der Waals surface area (Å²) in [5.74, 6) is 0.243. The summed E-state index contributed by atoms with van der Waals surface area (Å²) in [4.78, 5) is 0. The zero-order valence-electron chi connectivity index (χ0n) is 10.4. The van der Waals surface area contributed by atoms with Crippen LogP contribution in [0.3, 0.4) is 0 Å². The van der Waals surface area contributed by atoms with E-state index in [1.807, 2.05) is 0 Å². The zero-order chi connectivity index (χ0) is 13.2. The minimum atomic E-state index is -3.52. The lowest BCUT2D eigenvalue weighted by Crippen LogP contribution is -2.42. The van der Waals surface area contributed by atoms with E-state index in [1.165, 1.54) is 10.4 Å². The van der Waals surface area contributed by atoms with Crippen LogP contribution in [-0.2, 0) is 10.0 Å². The molecule has 18 heavy (non-hydrogen) atoms. The van der Waals surface area contributed by atoms with Crippen LogP contribution < -0.4 is 5.73 Å². The van der Waals surface area contributed by atoms with Crippen LogP contribution in [0, 0.1) is 12.8 Å². The van der Waals surface area contributed by atoms with Gasteiger partial charge in [0.05, 0.1) is 5.69 Å². The molecule has 0 amide bonds. The molecular weight excluding hydrogens is 252 g/mol. The van der Waals surface area contributed by atoms with Crippen LogP contribution in [-0.4, -0.2) is 42.6 Å². The van der Waals surface area contributed by atoms with Gasteiger partial charge in [-0.1, -0.05) is 0 Å². The maximum atomic E-state index is 12.3. The Kier molecular flexibility index (Phi) is 3.94. The lowest BCUT2D eigenvalue weighted by molar-refractivity contribution is 0.270. The highest BCUT2D eigenvalue weighted by molar-refractivity contribution is 7.89. The van der Waals surface area contributed by atoms with Crippen LogP contribution >= 0.6 is 0 Å². The van der Waals surface area contributed by atoms with Gasteiger partial charge in [-0.3, -0.25) is 0 Å². The van der Waals surface area contributed by atoms with Gasteiger partial charge in [0.1, 0.15) is 0 Å². The van der Waals surface area contributed by atoms with Crippen molar-refractivity contribution >= 4 is 10.0 Å². The zero-order valence-corrected chi connectivity index (χ0v) is 11.2. The van der Waals surface area contributed by atoms with Gasteiger partial charge in [0, 0.05) is 13.1 Å². The van der Waals surface area contributed by atoms with Crippen molar-refractivity contribution in [1.29, 1.82) is 0 Å². The Morgan fingerprint density at radius 3 is 2.83 bits per heavy atom. The Balaban J connectivity index is 2.22. The van der Waals surface area contributed by atoms with Crippen LogP contribution in [0.25, 0.3) is 0 Å². The fraction of sp³-hybridized carbons (Fsp3) is 0.636. The third kappa shape index (κ3) is 2.68. The van der Waals surface area contributed by atoms with Gasteiger partial charge in [-0.2, -0.15) is 9.40 Å². The van der Waals surface area contributed by atoms with Gasteiger partial charge in [-0.15, -0.1) is 5.10 Å². The molecule has 1 fully saturated rings. The van der Waals surface area contributed by atoms with E-state index in [4.69, 9.17) is 5.73 Å². The van der Waals surface area contributed by atoms with Crippen LogP contribution in [0.4, 0.5) is 0 Å². The fourth-order valence-corrected chi connectivity index (χ4v) is 3.52. The van der Waals surface area contributed by atoms with Crippen molar-refractivity contribution in [2.24, 2.45) is 11.7 Å². The molecule has 0 aromatic carbocycles. The summed E-state index contributed by atoms with van der Waals surface area (Å²) in [5.41, 5.74) is 6.32.